The molecule has 2 heterocycles. The van der Waals surface area contributed by atoms with E-state index in [0.29, 0.717) is 12.5 Å². The molecule has 0 aliphatic carbocycles. The summed E-state index contributed by atoms with van der Waals surface area (Å²) in [5, 5.41) is 8.97. The Morgan fingerprint density at radius 3 is 3.12 bits per heavy atom. The minimum Gasteiger partial charge on any atom is -0.396 e. The van der Waals surface area contributed by atoms with Crippen LogP contribution in [0.2, 0.25) is 0 Å². The second-order valence-corrected chi connectivity index (χ2v) is 4.75. The molecule has 0 saturated carbocycles. The fraction of sp³-hybridized carbons (Fsp3) is 0.750. The lowest BCUT2D eigenvalue weighted by atomic mass is 9.95. The maximum Gasteiger partial charge on any atom is 0.0945 e. The average Bonchev–Trinajstić information content (AvgIpc) is 2.66. The van der Waals surface area contributed by atoms with Crippen LogP contribution in [-0.4, -0.2) is 39.3 Å². The van der Waals surface area contributed by atoms with Crippen LogP contribution < -0.4 is 0 Å². The average molecular weight is 223 g/mol. The van der Waals surface area contributed by atoms with E-state index in [0.717, 1.165) is 19.5 Å². The second-order valence-electron chi connectivity index (χ2n) is 4.75. The Morgan fingerprint density at radius 1 is 1.56 bits per heavy atom. The number of aryl methyl sites for hydroxylation is 1. The summed E-state index contributed by atoms with van der Waals surface area (Å²) in [6.07, 6.45) is 7.26. The normalized spacial score (nSPS) is 22.5. The van der Waals surface area contributed by atoms with Crippen molar-refractivity contribution in [3.63, 3.8) is 0 Å². The minimum absolute atomic E-state index is 0.324. The maximum atomic E-state index is 8.97. The molecule has 16 heavy (non-hydrogen) atoms. The highest BCUT2D eigenvalue weighted by molar-refractivity contribution is 4.97. The predicted molar refractivity (Wildman–Crippen MR) is 62.9 cm³/mol. The lowest BCUT2D eigenvalue weighted by Gasteiger charge is -2.32. The van der Waals surface area contributed by atoms with Crippen LogP contribution in [0.3, 0.4) is 0 Å². The Labute approximate surface area is 96.9 Å². The lowest BCUT2D eigenvalue weighted by Crippen LogP contribution is -2.35. The van der Waals surface area contributed by atoms with Crippen LogP contribution in [0, 0.1) is 5.92 Å². The summed E-state index contributed by atoms with van der Waals surface area (Å²) in [5.74, 6) is 0.673. The number of likely N-dealkylation sites (tertiary alicyclic amines) is 1. The van der Waals surface area contributed by atoms with Crippen LogP contribution in [0.25, 0.3) is 0 Å². The van der Waals surface area contributed by atoms with Gasteiger partial charge in [0, 0.05) is 32.9 Å². The molecule has 0 aromatic carbocycles. The Kier molecular flexibility index (Phi) is 3.96. The molecule has 1 fully saturated rings. The quantitative estimate of drug-likeness (QED) is 0.828. The molecule has 1 aliphatic rings. The van der Waals surface area contributed by atoms with Crippen LogP contribution in [0.5, 0.6) is 0 Å². The Bertz CT molecular complexity index is 322. The molecule has 90 valence electrons. The van der Waals surface area contributed by atoms with E-state index >= 15 is 0 Å². The molecule has 1 saturated heterocycles. The van der Waals surface area contributed by atoms with E-state index in [9.17, 15) is 0 Å². The molecule has 1 N–H and O–H groups in total. The van der Waals surface area contributed by atoms with Crippen molar-refractivity contribution in [1.82, 2.24) is 14.5 Å². The van der Waals surface area contributed by atoms with Gasteiger partial charge < -0.3 is 9.67 Å². The van der Waals surface area contributed by atoms with E-state index in [4.69, 9.17) is 5.11 Å². The molecule has 0 amide bonds. The van der Waals surface area contributed by atoms with Gasteiger partial charge in [0.05, 0.1) is 12.0 Å². The number of aliphatic hydroxyl groups excluding tert-OH is 1. The maximum absolute atomic E-state index is 8.97. The van der Waals surface area contributed by atoms with Gasteiger partial charge in [0.2, 0.25) is 0 Å². The Balaban J connectivity index is 1.88. The van der Waals surface area contributed by atoms with Gasteiger partial charge in [-0.3, -0.25) is 4.90 Å². The Morgan fingerprint density at radius 2 is 2.44 bits per heavy atom. The van der Waals surface area contributed by atoms with Crippen LogP contribution in [-0.2, 0) is 13.6 Å². The highest BCUT2D eigenvalue weighted by atomic mass is 16.3. The molecule has 1 aromatic heterocycles. The van der Waals surface area contributed by atoms with Crippen molar-refractivity contribution in [1.29, 1.82) is 0 Å². The first-order chi connectivity index (χ1) is 7.79. The molecule has 4 nitrogen and oxygen atoms in total. The van der Waals surface area contributed by atoms with Crippen LogP contribution in [0.15, 0.2) is 12.5 Å². The first-order valence-electron chi connectivity index (χ1n) is 6.08. The summed E-state index contributed by atoms with van der Waals surface area (Å²) in [6, 6.07) is 0. The number of aliphatic hydroxyl groups is 1. The molecular formula is C12H21N3O. The van der Waals surface area contributed by atoms with E-state index in [-0.39, 0.29) is 0 Å². The largest absolute Gasteiger partial charge is 0.396 e. The summed E-state index contributed by atoms with van der Waals surface area (Å²) in [5.41, 5.74) is 1.27. The van der Waals surface area contributed by atoms with E-state index in [1.807, 2.05) is 19.6 Å². The fourth-order valence-electron chi connectivity index (χ4n) is 2.48. The second kappa shape index (κ2) is 5.46. The SMILES string of the molecule is Cn1cncc1CN1CCCC(CCO)C1. The summed E-state index contributed by atoms with van der Waals surface area (Å²) >= 11 is 0. The number of hydrogen-bond acceptors (Lipinski definition) is 3. The number of hydrogen-bond donors (Lipinski definition) is 1. The van der Waals surface area contributed by atoms with Gasteiger partial charge in [-0.15, -0.1) is 0 Å². The predicted octanol–water partition coefficient (Wildman–Crippen LogP) is 1.01. The number of imidazole rings is 1. The topological polar surface area (TPSA) is 41.3 Å². The molecule has 0 radical (unpaired) electrons. The zero-order chi connectivity index (χ0) is 11.4. The molecule has 2 rings (SSSR count). The van der Waals surface area contributed by atoms with Crippen molar-refractivity contribution in [3.05, 3.63) is 18.2 Å². The monoisotopic (exact) mass is 223 g/mol. The van der Waals surface area contributed by atoms with Gasteiger partial charge >= 0.3 is 0 Å². The van der Waals surface area contributed by atoms with Crippen molar-refractivity contribution in [2.75, 3.05) is 19.7 Å². The molecular weight excluding hydrogens is 202 g/mol. The van der Waals surface area contributed by atoms with Crippen LogP contribution in [0.4, 0.5) is 0 Å². The highest BCUT2D eigenvalue weighted by Gasteiger charge is 2.19. The van der Waals surface area contributed by atoms with Crippen molar-refractivity contribution in [2.24, 2.45) is 13.0 Å². The third-order valence-corrected chi connectivity index (χ3v) is 3.44. The highest BCUT2D eigenvalue weighted by Crippen LogP contribution is 2.20. The molecule has 0 bridgehead atoms. The first-order valence-corrected chi connectivity index (χ1v) is 6.08. The van der Waals surface area contributed by atoms with Gasteiger partial charge in [-0.1, -0.05) is 0 Å². The van der Waals surface area contributed by atoms with Gasteiger partial charge in [0.15, 0.2) is 0 Å². The van der Waals surface area contributed by atoms with E-state index in [1.54, 1.807) is 0 Å². The van der Waals surface area contributed by atoms with E-state index in [1.165, 1.54) is 25.1 Å². The smallest absolute Gasteiger partial charge is 0.0945 e. The van der Waals surface area contributed by atoms with Crippen molar-refractivity contribution in [3.8, 4) is 0 Å². The van der Waals surface area contributed by atoms with Crippen molar-refractivity contribution in [2.45, 2.75) is 25.8 Å². The van der Waals surface area contributed by atoms with Gasteiger partial charge in [-0.05, 0) is 31.7 Å². The number of aromatic nitrogens is 2. The fourth-order valence-corrected chi connectivity index (χ4v) is 2.48. The van der Waals surface area contributed by atoms with Gasteiger partial charge in [0.1, 0.15) is 0 Å². The zero-order valence-electron chi connectivity index (χ0n) is 9.97. The van der Waals surface area contributed by atoms with Crippen molar-refractivity contribution < 1.29 is 5.11 Å². The minimum atomic E-state index is 0.324. The lowest BCUT2D eigenvalue weighted by molar-refractivity contribution is 0.140. The molecule has 4 heteroatoms. The Hall–Kier alpha value is -0.870. The molecule has 1 unspecified atom stereocenters. The summed E-state index contributed by atoms with van der Waals surface area (Å²) in [4.78, 5) is 6.61. The van der Waals surface area contributed by atoms with Gasteiger partial charge in [-0.2, -0.15) is 0 Å². The molecule has 1 aliphatic heterocycles. The van der Waals surface area contributed by atoms with Gasteiger partial charge in [-0.25, -0.2) is 4.98 Å². The molecule has 0 spiro atoms. The molecule has 1 atom stereocenters. The number of piperidine rings is 1. The first kappa shape index (κ1) is 11.6. The number of rotatable bonds is 4. The van der Waals surface area contributed by atoms with Gasteiger partial charge in [0.25, 0.3) is 0 Å². The third-order valence-electron chi connectivity index (χ3n) is 3.44. The van der Waals surface area contributed by atoms with Crippen molar-refractivity contribution >= 4 is 0 Å². The van der Waals surface area contributed by atoms with Crippen LogP contribution >= 0.6 is 0 Å². The standard InChI is InChI=1S/C12H21N3O/c1-14-10-13-7-12(14)9-15-5-2-3-11(8-15)4-6-16/h7,10-11,16H,2-6,8-9H2,1H3. The summed E-state index contributed by atoms with van der Waals surface area (Å²) in [7, 11) is 2.04. The number of nitrogens with zero attached hydrogens (tertiary/aromatic N) is 3. The summed E-state index contributed by atoms with van der Waals surface area (Å²) < 4.78 is 2.08. The van der Waals surface area contributed by atoms with E-state index < -0.39 is 0 Å². The molecule has 1 aromatic rings. The zero-order valence-corrected chi connectivity index (χ0v) is 9.97. The van der Waals surface area contributed by atoms with E-state index in [2.05, 4.69) is 14.5 Å². The van der Waals surface area contributed by atoms with Crippen LogP contribution in [0.1, 0.15) is 25.0 Å². The summed E-state index contributed by atoms with van der Waals surface area (Å²) in [6.45, 7) is 3.60. The third kappa shape index (κ3) is 2.83.